The Morgan fingerprint density at radius 1 is 1.08 bits per heavy atom. The van der Waals surface area contributed by atoms with Crippen LogP contribution in [-0.4, -0.2) is 12.2 Å². The van der Waals surface area contributed by atoms with Crippen molar-refractivity contribution in [1.82, 2.24) is 0 Å². The molecule has 1 amide bonds. The molecule has 0 unspecified atom stereocenters. The average Bonchev–Trinajstić information content (AvgIpc) is 2.61. The molecule has 2 N–H and O–H groups in total. The van der Waals surface area contributed by atoms with Gasteiger partial charge in [-0.05, 0) is 36.4 Å². The van der Waals surface area contributed by atoms with Gasteiger partial charge in [0.1, 0.15) is 0 Å². The summed E-state index contributed by atoms with van der Waals surface area (Å²) in [6.07, 6.45) is 1.70. The Balaban J connectivity index is 0.00000312. The first-order valence-electron chi connectivity index (χ1n) is 6.50. The van der Waals surface area contributed by atoms with Crippen molar-refractivity contribution in [3.8, 4) is 0 Å². The van der Waals surface area contributed by atoms with Gasteiger partial charge in [0.15, 0.2) is 0 Å². The van der Waals surface area contributed by atoms with Gasteiger partial charge >= 0.3 is 29.6 Å². The third-order valence-electron chi connectivity index (χ3n) is 2.64. The van der Waals surface area contributed by atoms with E-state index in [0.717, 1.165) is 24.1 Å². The summed E-state index contributed by atoms with van der Waals surface area (Å²) in [5.74, 6) is -0.312. The Hall–Kier alpha value is -0.790. The van der Waals surface area contributed by atoms with Crippen molar-refractivity contribution in [3.63, 3.8) is 0 Å². The second kappa shape index (κ2) is 12.5. The molecular formula is C14H13N2NaO6S2. The predicted molar refractivity (Wildman–Crippen MR) is 88.2 cm³/mol. The summed E-state index contributed by atoms with van der Waals surface area (Å²) in [4.78, 5) is 17.6. The SMILES string of the molecule is CSOONc1cccc(C(=O)Nc2cccc(SOO[O-])c2)c1.[Na+]. The molecule has 0 saturated heterocycles. The number of rotatable bonds is 9. The smallest absolute Gasteiger partial charge is 0.691 e. The normalized spacial score (nSPS) is 10.0. The third-order valence-corrected chi connectivity index (χ3v) is 3.41. The molecule has 2 aromatic carbocycles. The first-order chi connectivity index (χ1) is 11.7. The van der Waals surface area contributed by atoms with Gasteiger partial charge in [0.25, 0.3) is 5.91 Å². The molecule has 0 fully saturated rings. The molecule has 128 valence electrons. The molecule has 0 aliphatic carbocycles. The first-order valence-corrected chi connectivity index (χ1v) is 8.39. The fraction of sp³-hybridized carbons (Fsp3) is 0.0714. The van der Waals surface area contributed by atoms with Gasteiger partial charge in [-0.1, -0.05) is 12.1 Å². The number of anilines is 2. The van der Waals surface area contributed by atoms with Crippen LogP contribution >= 0.6 is 24.1 Å². The van der Waals surface area contributed by atoms with Crippen molar-refractivity contribution >= 4 is 41.4 Å². The molecule has 0 atom stereocenters. The van der Waals surface area contributed by atoms with E-state index in [4.69, 9.17) is 4.99 Å². The van der Waals surface area contributed by atoms with Crippen LogP contribution in [0.1, 0.15) is 10.4 Å². The van der Waals surface area contributed by atoms with E-state index in [1.807, 2.05) is 0 Å². The quantitative estimate of drug-likeness (QED) is 0.196. The summed E-state index contributed by atoms with van der Waals surface area (Å²) in [7, 11) is 0. The molecule has 0 radical (unpaired) electrons. The number of carbonyl (C=O) groups is 1. The van der Waals surface area contributed by atoms with Gasteiger partial charge < -0.3 is 10.6 Å². The van der Waals surface area contributed by atoms with Crippen LogP contribution in [0.15, 0.2) is 53.4 Å². The number of hydrogen-bond donors (Lipinski definition) is 2. The minimum Gasteiger partial charge on any atom is -0.691 e. The van der Waals surface area contributed by atoms with Crippen LogP contribution in [0.5, 0.6) is 0 Å². The van der Waals surface area contributed by atoms with Gasteiger partial charge in [-0.2, -0.15) is 4.33 Å². The van der Waals surface area contributed by atoms with Crippen LogP contribution in [-0.2, 0) is 18.7 Å². The van der Waals surface area contributed by atoms with E-state index < -0.39 is 0 Å². The maximum absolute atomic E-state index is 12.3. The van der Waals surface area contributed by atoms with Gasteiger partial charge in [-0.3, -0.25) is 9.83 Å². The predicted octanol–water partition coefficient (Wildman–Crippen LogP) is -0.273. The molecular weight excluding hydrogens is 379 g/mol. The van der Waals surface area contributed by atoms with Crippen molar-refractivity contribution in [2.24, 2.45) is 0 Å². The third kappa shape index (κ3) is 7.96. The van der Waals surface area contributed by atoms with Crippen LogP contribution in [0.2, 0.25) is 0 Å². The molecule has 0 spiro atoms. The molecule has 0 aliphatic heterocycles. The van der Waals surface area contributed by atoms with Crippen molar-refractivity contribution < 1.29 is 58.3 Å². The zero-order chi connectivity index (χ0) is 17.2. The van der Waals surface area contributed by atoms with Crippen molar-refractivity contribution in [2.75, 3.05) is 17.1 Å². The van der Waals surface area contributed by atoms with Crippen LogP contribution in [0.3, 0.4) is 0 Å². The Morgan fingerprint density at radius 2 is 1.84 bits per heavy atom. The summed E-state index contributed by atoms with van der Waals surface area (Å²) in [6, 6.07) is 13.4. The van der Waals surface area contributed by atoms with E-state index in [2.05, 4.69) is 24.5 Å². The monoisotopic (exact) mass is 392 g/mol. The fourth-order valence-electron chi connectivity index (χ4n) is 1.71. The molecule has 0 bridgehead atoms. The molecule has 2 rings (SSSR count). The number of amides is 1. The minimum atomic E-state index is -0.312. The molecule has 0 heterocycles. The van der Waals surface area contributed by atoms with Crippen LogP contribution in [0, 0.1) is 0 Å². The zero-order valence-electron chi connectivity index (χ0n) is 13.4. The van der Waals surface area contributed by atoms with Gasteiger partial charge in [0.2, 0.25) is 0 Å². The van der Waals surface area contributed by atoms with Gasteiger partial charge in [-0.25, -0.2) is 5.48 Å². The standard InChI is InChI=1S/C14H14N2O6S2.Na/c1-23-21-19-16-12-6-2-4-10(8-12)14(17)15-11-5-3-7-13(9-11)24-22-20-18;/h2-9,16,18H,1H3,(H,15,17);/q;+1/p-1. The largest absolute Gasteiger partial charge is 1.00 e. The van der Waals surface area contributed by atoms with E-state index >= 15 is 0 Å². The van der Waals surface area contributed by atoms with Crippen LogP contribution < -0.4 is 45.6 Å². The minimum absolute atomic E-state index is 0. The maximum Gasteiger partial charge on any atom is 1.00 e. The number of benzene rings is 2. The van der Waals surface area contributed by atoms with E-state index in [-0.39, 0.29) is 35.5 Å². The molecule has 0 aromatic heterocycles. The number of nitrogens with one attached hydrogen (secondary N) is 2. The van der Waals surface area contributed by atoms with Crippen molar-refractivity contribution in [1.29, 1.82) is 0 Å². The Bertz CT molecular complexity index is 679. The second-order valence-electron chi connectivity index (χ2n) is 4.20. The summed E-state index contributed by atoms with van der Waals surface area (Å²) in [6.45, 7) is 0. The van der Waals surface area contributed by atoms with E-state index in [1.54, 1.807) is 54.8 Å². The molecule has 11 heteroatoms. The van der Waals surface area contributed by atoms with Gasteiger partial charge in [-0.15, -0.1) is 9.32 Å². The van der Waals surface area contributed by atoms with Crippen LogP contribution in [0.4, 0.5) is 11.4 Å². The first kappa shape index (κ1) is 22.3. The maximum atomic E-state index is 12.3. The van der Waals surface area contributed by atoms with Crippen molar-refractivity contribution in [3.05, 3.63) is 54.1 Å². The molecule has 0 aliphatic rings. The molecule has 0 saturated carbocycles. The topological polar surface area (TPSA) is 101 Å². The molecule has 8 nitrogen and oxygen atoms in total. The average molecular weight is 392 g/mol. The fourth-order valence-corrected chi connectivity index (χ4v) is 2.22. The van der Waals surface area contributed by atoms with Gasteiger partial charge in [0.05, 0.1) is 17.7 Å². The van der Waals surface area contributed by atoms with E-state index in [1.165, 1.54) is 0 Å². The van der Waals surface area contributed by atoms with Crippen molar-refractivity contribution in [2.45, 2.75) is 4.90 Å². The summed E-state index contributed by atoms with van der Waals surface area (Å²) in [5.41, 5.74) is 4.07. The molecule has 25 heavy (non-hydrogen) atoms. The second-order valence-corrected chi connectivity index (χ2v) is 5.45. The summed E-state index contributed by atoms with van der Waals surface area (Å²) < 4.78 is 8.88. The molecule has 2 aromatic rings. The zero-order valence-corrected chi connectivity index (χ0v) is 17.0. The Kier molecular flexibility index (Phi) is 11.2. The number of hydrogen-bond acceptors (Lipinski definition) is 9. The Morgan fingerprint density at radius 3 is 2.60 bits per heavy atom. The van der Waals surface area contributed by atoms with Crippen LogP contribution in [0.25, 0.3) is 0 Å². The summed E-state index contributed by atoms with van der Waals surface area (Å²) in [5, 5.41) is 15.9. The van der Waals surface area contributed by atoms with E-state index in [9.17, 15) is 10.1 Å². The summed E-state index contributed by atoms with van der Waals surface area (Å²) >= 11 is 1.78. The van der Waals surface area contributed by atoms with E-state index in [0.29, 0.717) is 21.8 Å². The van der Waals surface area contributed by atoms with Gasteiger partial charge in [0, 0.05) is 34.4 Å². The number of carbonyl (C=O) groups excluding carboxylic acids is 1. The Labute approximate surface area is 175 Å².